The minimum Gasteiger partial charge on any atom is -0.478 e. The van der Waals surface area contributed by atoms with Crippen molar-refractivity contribution >= 4 is 17.5 Å². The monoisotopic (exact) mass is 299 g/mol. The van der Waals surface area contributed by atoms with Gasteiger partial charge < -0.3 is 14.7 Å². The Balaban J connectivity index is 2.85. The van der Waals surface area contributed by atoms with E-state index in [-0.39, 0.29) is 18.6 Å². The highest BCUT2D eigenvalue weighted by molar-refractivity contribution is 6.30. The number of hydrogen-bond donors (Lipinski definition) is 1. The zero-order chi connectivity index (χ0) is 15.3. The minimum atomic E-state index is -1.01. The standard InChI is InChI=1S/C15H22ClNO3/c1-11(2)17(9-10-18)14(19)15(3,4)20-13-7-5-12(16)6-8-13/h5-8,11,18H,9-10H2,1-4H3. The SMILES string of the molecule is CC(C)N(CCO)C(=O)C(C)(C)Oc1ccc(Cl)cc1. The summed E-state index contributed by atoms with van der Waals surface area (Å²) in [5.74, 6) is 0.428. The molecule has 0 bridgehead atoms. The van der Waals surface area contributed by atoms with E-state index in [2.05, 4.69) is 0 Å². The molecule has 112 valence electrons. The highest BCUT2D eigenvalue weighted by Gasteiger charge is 2.35. The first-order chi connectivity index (χ1) is 9.27. The molecular weight excluding hydrogens is 278 g/mol. The fraction of sp³-hybridized carbons (Fsp3) is 0.533. The number of benzene rings is 1. The Bertz CT molecular complexity index is 443. The molecule has 0 radical (unpaired) electrons. The number of aliphatic hydroxyl groups excluding tert-OH is 1. The second-order valence-electron chi connectivity index (χ2n) is 5.38. The first-order valence-corrected chi connectivity index (χ1v) is 7.02. The molecule has 0 aliphatic rings. The van der Waals surface area contributed by atoms with Crippen LogP contribution in [-0.4, -0.2) is 40.7 Å². The van der Waals surface area contributed by atoms with Crippen LogP contribution >= 0.6 is 11.6 Å². The number of rotatable bonds is 6. The van der Waals surface area contributed by atoms with Crippen LogP contribution in [0, 0.1) is 0 Å². The van der Waals surface area contributed by atoms with E-state index in [1.807, 2.05) is 13.8 Å². The average Bonchev–Trinajstić information content (AvgIpc) is 2.37. The molecule has 1 rings (SSSR count). The molecule has 0 atom stereocenters. The lowest BCUT2D eigenvalue weighted by Crippen LogP contribution is -2.52. The van der Waals surface area contributed by atoms with E-state index in [0.29, 0.717) is 17.3 Å². The highest BCUT2D eigenvalue weighted by atomic mass is 35.5. The third kappa shape index (κ3) is 4.39. The molecule has 1 amide bonds. The molecular formula is C15H22ClNO3. The Morgan fingerprint density at radius 1 is 1.35 bits per heavy atom. The highest BCUT2D eigenvalue weighted by Crippen LogP contribution is 2.23. The zero-order valence-corrected chi connectivity index (χ0v) is 13.1. The summed E-state index contributed by atoms with van der Waals surface area (Å²) in [7, 11) is 0. The third-order valence-electron chi connectivity index (χ3n) is 2.93. The molecule has 1 N–H and O–H groups in total. The van der Waals surface area contributed by atoms with E-state index in [1.54, 1.807) is 43.0 Å². The quantitative estimate of drug-likeness (QED) is 0.878. The number of ether oxygens (including phenoxy) is 1. The van der Waals surface area contributed by atoms with Gasteiger partial charge in [0.2, 0.25) is 0 Å². The van der Waals surface area contributed by atoms with Gasteiger partial charge in [-0.15, -0.1) is 0 Å². The van der Waals surface area contributed by atoms with Crippen LogP contribution in [0.4, 0.5) is 0 Å². The zero-order valence-electron chi connectivity index (χ0n) is 12.4. The van der Waals surface area contributed by atoms with Gasteiger partial charge in [-0.05, 0) is 52.0 Å². The van der Waals surface area contributed by atoms with Crippen LogP contribution in [0.5, 0.6) is 5.75 Å². The lowest BCUT2D eigenvalue weighted by atomic mass is 10.1. The van der Waals surface area contributed by atoms with E-state index in [0.717, 1.165) is 0 Å². The predicted molar refractivity (Wildman–Crippen MR) is 80.1 cm³/mol. The second-order valence-corrected chi connectivity index (χ2v) is 5.82. The maximum atomic E-state index is 12.5. The van der Waals surface area contributed by atoms with Crippen LogP contribution in [0.25, 0.3) is 0 Å². The molecule has 0 fully saturated rings. The first kappa shape index (κ1) is 16.8. The molecule has 0 aliphatic carbocycles. The average molecular weight is 300 g/mol. The molecule has 4 nitrogen and oxygen atoms in total. The smallest absolute Gasteiger partial charge is 0.266 e. The van der Waals surface area contributed by atoms with Gasteiger partial charge in [-0.25, -0.2) is 0 Å². The van der Waals surface area contributed by atoms with Crippen LogP contribution in [0.3, 0.4) is 0 Å². The van der Waals surface area contributed by atoms with Crippen LogP contribution < -0.4 is 4.74 Å². The van der Waals surface area contributed by atoms with Crippen molar-refractivity contribution in [3.8, 4) is 5.75 Å². The summed E-state index contributed by atoms with van der Waals surface area (Å²) < 4.78 is 5.76. The van der Waals surface area contributed by atoms with Crippen LogP contribution in [0.1, 0.15) is 27.7 Å². The van der Waals surface area contributed by atoms with Crippen molar-refractivity contribution in [1.29, 1.82) is 0 Å². The number of hydrogen-bond acceptors (Lipinski definition) is 3. The lowest BCUT2D eigenvalue weighted by Gasteiger charge is -2.34. The van der Waals surface area contributed by atoms with Gasteiger partial charge >= 0.3 is 0 Å². The third-order valence-corrected chi connectivity index (χ3v) is 3.18. The molecule has 0 heterocycles. The van der Waals surface area contributed by atoms with Crippen molar-refractivity contribution in [2.45, 2.75) is 39.3 Å². The van der Waals surface area contributed by atoms with Gasteiger partial charge in [-0.1, -0.05) is 11.6 Å². The fourth-order valence-corrected chi connectivity index (χ4v) is 2.01. The van der Waals surface area contributed by atoms with Crippen molar-refractivity contribution in [2.24, 2.45) is 0 Å². The number of amides is 1. The number of carbonyl (C=O) groups excluding carboxylic acids is 1. The van der Waals surface area contributed by atoms with Gasteiger partial charge in [0.25, 0.3) is 5.91 Å². The molecule has 20 heavy (non-hydrogen) atoms. The first-order valence-electron chi connectivity index (χ1n) is 6.64. The summed E-state index contributed by atoms with van der Waals surface area (Å²) in [5, 5.41) is 9.69. The van der Waals surface area contributed by atoms with Gasteiger partial charge in [0.1, 0.15) is 5.75 Å². The number of carbonyl (C=O) groups is 1. The molecule has 0 aliphatic heterocycles. The van der Waals surface area contributed by atoms with Gasteiger partial charge in [-0.2, -0.15) is 0 Å². The van der Waals surface area contributed by atoms with E-state index < -0.39 is 5.60 Å². The van der Waals surface area contributed by atoms with Gasteiger partial charge in [0, 0.05) is 17.6 Å². The van der Waals surface area contributed by atoms with E-state index >= 15 is 0 Å². The Hall–Kier alpha value is -1.26. The Morgan fingerprint density at radius 2 is 1.90 bits per heavy atom. The number of aliphatic hydroxyl groups is 1. The summed E-state index contributed by atoms with van der Waals surface area (Å²) in [6.45, 7) is 7.48. The molecule has 0 unspecified atom stereocenters. The summed E-state index contributed by atoms with van der Waals surface area (Å²) in [6.07, 6.45) is 0. The molecule has 1 aromatic rings. The summed E-state index contributed by atoms with van der Waals surface area (Å²) in [6, 6.07) is 6.88. The van der Waals surface area contributed by atoms with Gasteiger partial charge in [-0.3, -0.25) is 4.79 Å². The predicted octanol–water partition coefficient (Wildman–Crippen LogP) is 2.73. The molecule has 5 heteroatoms. The molecule has 0 spiro atoms. The maximum absolute atomic E-state index is 12.5. The normalized spacial score (nSPS) is 11.6. The van der Waals surface area contributed by atoms with Crippen LogP contribution in [0.2, 0.25) is 5.02 Å². The van der Waals surface area contributed by atoms with Crippen LogP contribution in [0.15, 0.2) is 24.3 Å². The van der Waals surface area contributed by atoms with E-state index in [4.69, 9.17) is 21.4 Å². The second kappa shape index (κ2) is 6.95. The largest absolute Gasteiger partial charge is 0.478 e. The van der Waals surface area contributed by atoms with Crippen molar-refractivity contribution < 1.29 is 14.6 Å². The topological polar surface area (TPSA) is 49.8 Å². The lowest BCUT2D eigenvalue weighted by molar-refractivity contribution is -0.147. The Kier molecular flexibility index (Phi) is 5.84. The molecule has 0 saturated heterocycles. The van der Waals surface area contributed by atoms with Crippen molar-refractivity contribution in [3.63, 3.8) is 0 Å². The fourth-order valence-electron chi connectivity index (χ4n) is 1.89. The van der Waals surface area contributed by atoms with Gasteiger partial charge in [0.15, 0.2) is 5.60 Å². The maximum Gasteiger partial charge on any atom is 0.266 e. The Labute approximate surface area is 125 Å². The van der Waals surface area contributed by atoms with Gasteiger partial charge in [0.05, 0.1) is 6.61 Å². The van der Waals surface area contributed by atoms with E-state index in [1.165, 1.54) is 0 Å². The number of nitrogens with zero attached hydrogens (tertiary/aromatic N) is 1. The van der Waals surface area contributed by atoms with E-state index in [9.17, 15) is 4.79 Å². The van der Waals surface area contributed by atoms with Crippen molar-refractivity contribution in [1.82, 2.24) is 4.90 Å². The summed E-state index contributed by atoms with van der Waals surface area (Å²) in [4.78, 5) is 14.1. The van der Waals surface area contributed by atoms with Crippen molar-refractivity contribution in [3.05, 3.63) is 29.3 Å². The summed E-state index contributed by atoms with van der Waals surface area (Å²) in [5.41, 5.74) is -1.01. The molecule has 0 aromatic heterocycles. The van der Waals surface area contributed by atoms with Crippen LogP contribution in [-0.2, 0) is 4.79 Å². The number of halogens is 1. The van der Waals surface area contributed by atoms with Crippen molar-refractivity contribution in [2.75, 3.05) is 13.2 Å². The molecule has 1 aromatic carbocycles. The summed E-state index contributed by atoms with van der Waals surface area (Å²) >= 11 is 5.82. The Morgan fingerprint density at radius 3 is 2.35 bits per heavy atom. The molecule has 0 saturated carbocycles. The minimum absolute atomic E-state index is 0.00254.